The van der Waals surface area contributed by atoms with E-state index in [4.69, 9.17) is 0 Å². The van der Waals surface area contributed by atoms with Crippen molar-refractivity contribution >= 4 is 0 Å². The van der Waals surface area contributed by atoms with Crippen LogP contribution in [0.1, 0.15) is 33.6 Å². The Hall–Kier alpha value is -0.0800. The largest absolute Gasteiger partial charge is 0.317 e. The third-order valence-electron chi connectivity index (χ3n) is 2.50. The lowest BCUT2D eigenvalue weighted by Crippen LogP contribution is -2.28. The summed E-state index contributed by atoms with van der Waals surface area (Å²) in [5, 5.41) is 6.53. The summed E-state index contributed by atoms with van der Waals surface area (Å²) in [7, 11) is 4.05. The molecule has 0 fully saturated rings. The maximum Gasteiger partial charge on any atom is 0.00382 e. The predicted octanol–water partition coefficient (Wildman–Crippen LogP) is 1.62. The molecule has 2 heteroatoms. The van der Waals surface area contributed by atoms with E-state index in [9.17, 15) is 0 Å². The zero-order valence-electron chi connectivity index (χ0n) is 9.15. The first kappa shape index (κ1) is 11.9. The fraction of sp³-hybridized carbons (Fsp3) is 1.00. The van der Waals surface area contributed by atoms with E-state index in [-0.39, 0.29) is 0 Å². The van der Waals surface area contributed by atoms with Crippen molar-refractivity contribution in [2.75, 3.05) is 14.1 Å². The Morgan fingerprint density at radius 1 is 0.833 bits per heavy atom. The molecule has 0 aromatic carbocycles. The third-order valence-corrected chi connectivity index (χ3v) is 2.50. The molecular formula is C10H24N2. The van der Waals surface area contributed by atoms with E-state index in [0.717, 1.165) is 5.92 Å². The normalized spacial score (nSPS) is 18.8. The van der Waals surface area contributed by atoms with Crippen LogP contribution in [0, 0.1) is 5.92 Å². The summed E-state index contributed by atoms with van der Waals surface area (Å²) in [4.78, 5) is 0. The van der Waals surface area contributed by atoms with Gasteiger partial charge in [0.15, 0.2) is 0 Å². The molecule has 0 saturated heterocycles. The molecule has 0 saturated carbocycles. The van der Waals surface area contributed by atoms with Crippen LogP contribution in [0.3, 0.4) is 0 Å². The van der Waals surface area contributed by atoms with Crippen molar-refractivity contribution in [2.45, 2.75) is 45.7 Å². The fourth-order valence-electron chi connectivity index (χ4n) is 1.54. The fourth-order valence-corrected chi connectivity index (χ4v) is 1.54. The van der Waals surface area contributed by atoms with Crippen LogP contribution in [-0.2, 0) is 0 Å². The van der Waals surface area contributed by atoms with Crippen molar-refractivity contribution in [1.29, 1.82) is 0 Å². The van der Waals surface area contributed by atoms with Crippen LogP contribution >= 0.6 is 0 Å². The molecule has 0 aromatic rings. The molecule has 2 unspecified atom stereocenters. The van der Waals surface area contributed by atoms with Crippen LogP contribution in [0.15, 0.2) is 0 Å². The molecule has 74 valence electrons. The summed E-state index contributed by atoms with van der Waals surface area (Å²) < 4.78 is 0. The lowest BCUT2D eigenvalue weighted by Gasteiger charge is -2.19. The highest BCUT2D eigenvalue weighted by atomic mass is 14.9. The van der Waals surface area contributed by atoms with Gasteiger partial charge in [0.05, 0.1) is 0 Å². The summed E-state index contributed by atoms with van der Waals surface area (Å²) >= 11 is 0. The topological polar surface area (TPSA) is 24.1 Å². The van der Waals surface area contributed by atoms with E-state index in [1.54, 1.807) is 0 Å². The molecule has 0 rings (SSSR count). The van der Waals surface area contributed by atoms with Gasteiger partial charge >= 0.3 is 0 Å². The van der Waals surface area contributed by atoms with Crippen molar-refractivity contribution < 1.29 is 0 Å². The molecule has 2 N–H and O–H groups in total. The number of hydrogen-bond acceptors (Lipinski definition) is 2. The minimum atomic E-state index is 0.643. The molecule has 0 aliphatic rings. The van der Waals surface area contributed by atoms with Gasteiger partial charge in [-0.3, -0.25) is 0 Å². The Kier molecular flexibility index (Phi) is 6.39. The van der Waals surface area contributed by atoms with E-state index in [0.29, 0.717) is 12.1 Å². The van der Waals surface area contributed by atoms with Crippen LogP contribution < -0.4 is 10.6 Å². The average molecular weight is 172 g/mol. The molecule has 0 aromatic heterocycles. The lowest BCUT2D eigenvalue weighted by atomic mass is 9.96. The molecule has 2 nitrogen and oxygen atoms in total. The van der Waals surface area contributed by atoms with Crippen molar-refractivity contribution in [3.63, 3.8) is 0 Å². The molecule has 0 radical (unpaired) electrons. The van der Waals surface area contributed by atoms with Gasteiger partial charge in [-0.2, -0.15) is 0 Å². The van der Waals surface area contributed by atoms with Gasteiger partial charge in [-0.25, -0.2) is 0 Å². The second-order valence-electron chi connectivity index (χ2n) is 3.96. The quantitative estimate of drug-likeness (QED) is 0.636. The molecule has 0 aliphatic heterocycles. The van der Waals surface area contributed by atoms with E-state index in [2.05, 4.69) is 31.4 Å². The third kappa shape index (κ3) is 5.56. The number of rotatable bonds is 6. The van der Waals surface area contributed by atoms with Crippen molar-refractivity contribution in [2.24, 2.45) is 5.92 Å². The van der Waals surface area contributed by atoms with Gasteiger partial charge in [-0.1, -0.05) is 6.92 Å². The van der Waals surface area contributed by atoms with Gasteiger partial charge < -0.3 is 10.6 Å². The predicted molar refractivity (Wildman–Crippen MR) is 55.4 cm³/mol. The highest BCUT2D eigenvalue weighted by Gasteiger charge is 2.09. The van der Waals surface area contributed by atoms with Crippen molar-refractivity contribution in [3.05, 3.63) is 0 Å². The molecule has 12 heavy (non-hydrogen) atoms. The monoisotopic (exact) mass is 172 g/mol. The van der Waals surface area contributed by atoms with Crippen molar-refractivity contribution in [1.82, 2.24) is 10.6 Å². The first-order valence-corrected chi connectivity index (χ1v) is 4.94. The SMILES string of the molecule is CNC(C)CC(C)CC(C)NC. The van der Waals surface area contributed by atoms with Crippen molar-refractivity contribution in [3.8, 4) is 0 Å². The molecule has 0 spiro atoms. The maximum absolute atomic E-state index is 3.27. The summed E-state index contributed by atoms with van der Waals surface area (Å²) in [6.45, 7) is 6.79. The van der Waals surface area contributed by atoms with Crippen LogP contribution in [0.5, 0.6) is 0 Å². The molecular weight excluding hydrogens is 148 g/mol. The minimum absolute atomic E-state index is 0.643. The first-order valence-electron chi connectivity index (χ1n) is 4.94. The average Bonchev–Trinajstić information content (AvgIpc) is 2.03. The minimum Gasteiger partial charge on any atom is -0.317 e. The van der Waals surface area contributed by atoms with Crippen LogP contribution in [0.25, 0.3) is 0 Å². The van der Waals surface area contributed by atoms with Gasteiger partial charge in [-0.15, -0.1) is 0 Å². The van der Waals surface area contributed by atoms with Crippen LogP contribution in [0.4, 0.5) is 0 Å². The van der Waals surface area contributed by atoms with E-state index >= 15 is 0 Å². The number of hydrogen-bond donors (Lipinski definition) is 2. The second kappa shape index (κ2) is 6.44. The van der Waals surface area contributed by atoms with Gasteiger partial charge in [0.2, 0.25) is 0 Å². The summed E-state index contributed by atoms with van der Waals surface area (Å²) in [6, 6.07) is 1.29. The van der Waals surface area contributed by atoms with Gasteiger partial charge in [-0.05, 0) is 46.7 Å². The molecule has 2 atom stereocenters. The Balaban J connectivity index is 3.51. The van der Waals surface area contributed by atoms with E-state index in [1.165, 1.54) is 12.8 Å². The Labute approximate surface area is 77.1 Å². The highest BCUT2D eigenvalue weighted by molar-refractivity contribution is 4.67. The molecule has 0 aliphatic carbocycles. The molecule has 0 bridgehead atoms. The van der Waals surface area contributed by atoms with Crippen LogP contribution in [0.2, 0.25) is 0 Å². The zero-order chi connectivity index (χ0) is 9.56. The first-order chi connectivity index (χ1) is 5.60. The van der Waals surface area contributed by atoms with E-state index < -0.39 is 0 Å². The summed E-state index contributed by atoms with van der Waals surface area (Å²) in [5.41, 5.74) is 0. The van der Waals surface area contributed by atoms with E-state index in [1.807, 2.05) is 14.1 Å². The van der Waals surface area contributed by atoms with Gasteiger partial charge in [0.25, 0.3) is 0 Å². The molecule has 0 amide bonds. The number of nitrogens with one attached hydrogen (secondary N) is 2. The standard InChI is InChI=1S/C10H24N2/c1-8(6-9(2)11-4)7-10(3)12-5/h8-12H,6-7H2,1-5H3. The lowest BCUT2D eigenvalue weighted by molar-refractivity contribution is 0.378. The zero-order valence-corrected chi connectivity index (χ0v) is 9.15. The highest BCUT2D eigenvalue weighted by Crippen LogP contribution is 2.12. The maximum atomic E-state index is 3.27. The Morgan fingerprint density at radius 3 is 1.42 bits per heavy atom. The van der Waals surface area contributed by atoms with Gasteiger partial charge in [0, 0.05) is 12.1 Å². The van der Waals surface area contributed by atoms with Crippen LogP contribution in [-0.4, -0.2) is 26.2 Å². The Morgan fingerprint density at radius 2 is 1.17 bits per heavy atom. The Bertz CT molecular complexity index is 92.0. The summed E-state index contributed by atoms with van der Waals surface area (Å²) in [5.74, 6) is 0.801. The summed E-state index contributed by atoms with van der Waals surface area (Å²) in [6.07, 6.45) is 2.53. The molecule has 0 heterocycles. The second-order valence-corrected chi connectivity index (χ2v) is 3.96. The smallest absolute Gasteiger partial charge is 0.00382 e. The van der Waals surface area contributed by atoms with Gasteiger partial charge in [0.1, 0.15) is 0 Å².